The monoisotopic (exact) mass is 318 g/mol. The van der Waals surface area contributed by atoms with Crippen molar-refractivity contribution in [3.05, 3.63) is 95.6 Å². The fourth-order valence-electron chi connectivity index (χ4n) is 2.51. The molecule has 0 bridgehead atoms. The summed E-state index contributed by atoms with van der Waals surface area (Å²) >= 11 is 0. The van der Waals surface area contributed by atoms with E-state index in [0.29, 0.717) is 12.0 Å². The first-order valence-electron chi connectivity index (χ1n) is 7.86. The normalized spacial score (nSPS) is 10.3. The standard InChI is InChI=1S/C21H18O3/c22-20-17(15-14-16-8-3-1-4-9-16)12-7-13-19(20)24-21(23)18-10-5-2-6-11-18/h1-13,22H,14-15H2. The predicted octanol–water partition coefficient (Wildman–Crippen LogP) is 4.40. The number of phenolic OH excluding ortho intramolecular Hbond substituents is 1. The Morgan fingerprint density at radius 1 is 0.792 bits per heavy atom. The molecule has 0 saturated carbocycles. The second-order valence-corrected chi connectivity index (χ2v) is 5.51. The van der Waals surface area contributed by atoms with Gasteiger partial charge in [-0.05, 0) is 42.2 Å². The molecule has 3 aromatic rings. The minimum atomic E-state index is -0.480. The number of hydrogen-bond donors (Lipinski definition) is 1. The molecule has 0 aromatic heterocycles. The van der Waals surface area contributed by atoms with Crippen molar-refractivity contribution in [3.63, 3.8) is 0 Å². The second kappa shape index (κ2) is 7.47. The molecule has 0 atom stereocenters. The minimum absolute atomic E-state index is 0.0257. The van der Waals surface area contributed by atoms with Gasteiger partial charge in [-0.2, -0.15) is 0 Å². The summed E-state index contributed by atoms with van der Waals surface area (Å²) < 4.78 is 5.33. The molecule has 0 saturated heterocycles. The highest BCUT2D eigenvalue weighted by Crippen LogP contribution is 2.31. The third-order valence-corrected chi connectivity index (χ3v) is 3.82. The summed E-state index contributed by atoms with van der Waals surface area (Å²) in [6, 6.07) is 24.0. The largest absolute Gasteiger partial charge is 0.504 e. The van der Waals surface area contributed by atoms with E-state index in [1.165, 1.54) is 5.56 Å². The third kappa shape index (κ3) is 3.82. The molecule has 120 valence electrons. The zero-order valence-corrected chi connectivity index (χ0v) is 13.2. The fraction of sp³-hybridized carbons (Fsp3) is 0.0952. The molecular weight excluding hydrogens is 300 g/mol. The summed E-state index contributed by atoms with van der Waals surface area (Å²) in [5.41, 5.74) is 2.41. The molecule has 0 fully saturated rings. The second-order valence-electron chi connectivity index (χ2n) is 5.51. The van der Waals surface area contributed by atoms with Crippen LogP contribution in [-0.2, 0) is 12.8 Å². The number of esters is 1. The van der Waals surface area contributed by atoms with Gasteiger partial charge in [0.1, 0.15) is 0 Å². The van der Waals surface area contributed by atoms with Crippen LogP contribution < -0.4 is 4.74 Å². The van der Waals surface area contributed by atoms with Gasteiger partial charge in [0.25, 0.3) is 0 Å². The number of aryl methyl sites for hydroxylation is 2. The van der Waals surface area contributed by atoms with Crippen LogP contribution in [0.1, 0.15) is 21.5 Å². The molecule has 0 unspecified atom stereocenters. The topological polar surface area (TPSA) is 46.5 Å². The van der Waals surface area contributed by atoms with Crippen molar-refractivity contribution in [3.8, 4) is 11.5 Å². The Morgan fingerprint density at radius 2 is 1.46 bits per heavy atom. The Labute approximate surface area is 141 Å². The number of phenols is 1. The number of carbonyl (C=O) groups excluding carboxylic acids is 1. The zero-order valence-electron chi connectivity index (χ0n) is 13.2. The number of carbonyl (C=O) groups is 1. The van der Waals surface area contributed by atoms with E-state index in [-0.39, 0.29) is 11.5 Å². The summed E-state index contributed by atoms with van der Waals surface area (Å²) in [4.78, 5) is 12.1. The summed E-state index contributed by atoms with van der Waals surface area (Å²) in [6.45, 7) is 0. The van der Waals surface area contributed by atoms with Gasteiger partial charge in [0.15, 0.2) is 11.5 Å². The SMILES string of the molecule is O=C(Oc1cccc(CCc2ccccc2)c1O)c1ccccc1. The van der Waals surface area contributed by atoms with E-state index < -0.39 is 5.97 Å². The van der Waals surface area contributed by atoms with Crippen LogP contribution >= 0.6 is 0 Å². The van der Waals surface area contributed by atoms with Gasteiger partial charge < -0.3 is 9.84 Å². The lowest BCUT2D eigenvalue weighted by Gasteiger charge is -2.10. The maximum Gasteiger partial charge on any atom is 0.343 e. The van der Waals surface area contributed by atoms with Gasteiger partial charge in [0.05, 0.1) is 5.56 Å². The van der Waals surface area contributed by atoms with Gasteiger partial charge in [0.2, 0.25) is 0 Å². The van der Waals surface area contributed by atoms with Crippen molar-refractivity contribution in [2.24, 2.45) is 0 Å². The van der Waals surface area contributed by atoms with Crippen LogP contribution in [0.4, 0.5) is 0 Å². The Kier molecular flexibility index (Phi) is 4.92. The smallest absolute Gasteiger partial charge is 0.343 e. The molecule has 3 rings (SSSR count). The summed E-state index contributed by atoms with van der Waals surface area (Å²) in [6.07, 6.45) is 1.48. The highest BCUT2D eigenvalue weighted by atomic mass is 16.5. The van der Waals surface area contributed by atoms with E-state index in [0.717, 1.165) is 12.0 Å². The van der Waals surface area contributed by atoms with Crippen LogP contribution in [0, 0.1) is 0 Å². The zero-order chi connectivity index (χ0) is 16.8. The lowest BCUT2D eigenvalue weighted by molar-refractivity contribution is 0.0729. The van der Waals surface area contributed by atoms with Gasteiger partial charge in [-0.25, -0.2) is 4.79 Å². The van der Waals surface area contributed by atoms with Crippen molar-refractivity contribution >= 4 is 5.97 Å². The van der Waals surface area contributed by atoms with Crippen molar-refractivity contribution in [1.82, 2.24) is 0 Å². The number of aromatic hydroxyl groups is 1. The van der Waals surface area contributed by atoms with Crippen molar-refractivity contribution in [2.75, 3.05) is 0 Å². The molecule has 0 aliphatic heterocycles. The van der Waals surface area contributed by atoms with Crippen LogP contribution in [-0.4, -0.2) is 11.1 Å². The van der Waals surface area contributed by atoms with E-state index in [1.54, 1.807) is 36.4 Å². The van der Waals surface area contributed by atoms with Crippen LogP contribution in [0.15, 0.2) is 78.9 Å². The summed E-state index contributed by atoms with van der Waals surface area (Å²) in [5.74, 6) is -0.266. The summed E-state index contributed by atoms with van der Waals surface area (Å²) in [5, 5.41) is 10.4. The molecule has 0 spiro atoms. The highest BCUT2D eigenvalue weighted by Gasteiger charge is 2.13. The first kappa shape index (κ1) is 15.8. The molecule has 0 heterocycles. The molecule has 0 amide bonds. The fourth-order valence-corrected chi connectivity index (χ4v) is 2.51. The Bertz CT molecular complexity index is 811. The van der Waals surface area contributed by atoms with E-state index in [4.69, 9.17) is 4.74 Å². The minimum Gasteiger partial charge on any atom is -0.504 e. The summed E-state index contributed by atoms with van der Waals surface area (Å²) in [7, 11) is 0. The average molecular weight is 318 g/mol. The van der Waals surface area contributed by atoms with Crippen LogP contribution in [0.5, 0.6) is 11.5 Å². The number of para-hydroxylation sites is 1. The molecule has 24 heavy (non-hydrogen) atoms. The maximum absolute atomic E-state index is 12.1. The Morgan fingerprint density at radius 3 is 2.17 bits per heavy atom. The van der Waals surface area contributed by atoms with Crippen LogP contribution in [0.25, 0.3) is 0 Å². The van der Waals surface area contributed by atoms with E-state index in [1.807, 2.05) is 30.3 Å². The number of ether oxygens (including phenoxy) is 1. The van der Waals surface area contributed by atoms with E-state index >= 15 is 0 Å². The van der Waals surface area contributed by atoms with Crippen molar-refractivity contribution in [1.29, 1.82) is 0 Å². The van der Waals surface area contributed by atoms with Gasteiger partial charge in [-0.15, -0.1) is 0 Å². The van der Waals surface area contributed by atoms with Gasteiger partial charge in [-0.1, -0.05) is 60.7 Å². The number of hydrogen-bond acceptors (Lipinski definition) is 3. The van der Waals surface area contributed by atoms with Crippen molar-refractivity contribution < 1.29 is 14.6 Å². The molecular formula is C21H18O3. The lowest BCUT2D eigenvalue weighted by Crippen LogP contribution is -2.08. The molecule has 3 nitrogen and oxygen atoms in total. The first-order chi connectivity index (χ1) is 11.7. The quantitative estimate of drug-likeness (QED) is 0.560. The molecule has 1 N–H and O–H groups in total. The van der Waals surface area contributed by atoms with Gasteiger partial charge in [0, 0.05) is 0 Å². The molecule has 0 aliphatic rings. The van der Waals surface area contributed by atoms with Crippen LogP contribution in [0.3, 0.4) is 0 Å². The number of rotatable bonds is 5. The van der Waals surface area contributed by atoms with E-state index in [9.17, 15) is 9.90 Å². The Balaban J connectivity index is 1.72. The third-order valence-electron chi connectivity index (χ3n) is 3.82. The van der Waals surface area contributed by atoms with E-state index in [2.05, 4.69) is 12.1 Å². The molecule has 3 heteroatoms. The molecule has 3 aromatic carbocycles. The predicted molar refractivity (Wildman–Crippen MR) is 93.4 cm³/mol. The Hall–Kier alpha value is -3.07. The molecule has 0 radical (unpaired) electrons. The van der Waals surface area contributed by atoms with Crippen molar-refractivity contribution in [2.45, 2.75) is 12.8 Å². The lowest BCUT2D eigenvalue weighted by atomic mass is 10.0. The highest BCUT2D eigenvalue weighted by molar-refractivity contribution is 5.91. The van der Waals surface area contributed by atoms with Gasteiger partial charge in [-0.3, -0.25) is 0 Å². The maximum atomic E-state index is 12.1. The average Bonchev–Trinajstić information content (AvgIpc) is 2.64. The van der Waals surface area contributed by atoms with Gasteiger partial charge >= 0.3 is 5.97 Å². The molecule has 0 aliphatic carbocycles. The van der Waals surface area contributed by atoms with Crippen LogP contribution in [0.2, 0.25) is 0 Å². The first-order valence-corrected chi connectivity index (χ1v) is 7.86. The number of benzene rings is 3.